The highest BCUT2D eigenvalue weighted by atomic mass is 35.5. The van der Waals surface area contributed by atoms with Crippen molar-refractivity contribution in [2.24, 2.45) is 0 Å². The number of methoxy groups -OCH3 is 2. The zero-order valence-corrected chi connectivity index (χ0v) is 25.5. The monoisotopic (exact) mass is 631 g/mol. The Balaban J connectivity index is 1.61. The number of carbonyl (C=O) groups excluding carboxylic acids is 1. The van der Waals surface area contributed by atoms with Gasteiger partial charge in [-0.15, -0.1) is 0 Å². The number of piperidine rings is 1. The molecule has 3 aromatic carbocycles. The highest BCUT2D eigenvalue weighted by molar-refractivity contribution is 7.89. The first-order valence-corrected chi connectivity index (χ1v) is 15.6. The van der Waals surface area contributed by atoms with Crippen molar-refractivity contribution >= 4 is 33.6 Å². The molecule has 0 aromatic heterocycles. The molecule has 12 heteroatoms. The average molecular weight is 632 g/mol. The van der Waals surface area contributed by atoms with E-state index in [1.54, 1.807) is 56.7 Å². The summed E-state index contributed by atoms with van der Waals surface area (Å²) in [6.45, 7) is -0.376. The summed E-state index contributed by atoms with van der Waals surface area (Å²) < 4.78 is 50.6. The van der Waals surface area contributed by atoms with E-state index in [1.807, 2.05) is 12.1 Å². The summed E-state index contributed by atoms with van der Waals surface area (Å²) in [6.07, 6.45) is 1.58. The molecule has 1 saturated heterocycles. The van der Waals surface area contributed by atoms with Crippen LogP contribution in [0.1, 0.15) is 42.9 Å². The van der Waals surface area contributed by atoms with E-state index in [0.29, 0.717) is 54.9 Å². The maximum absolute atomic E-state index is 13.7. The second kappa shape index (κ2) is 14.6. The van der Waals surface area contributed by atoms with E-state index in [4.69, 9.17) is 35.7 Å². The van der Waals surface area contributed by atoms with Gasteiger partial charge in [-0.1, -0.05) is 41.9 Å². The van der Waals surface area contributed by atoms with Gasteiger partial charge >= 0.3 is 11.9 Å². The molecule has 10 nitrogen and oxygen atoms in total. The SMILES string of the molecule is COc1ccc(CC[C@@H](OC(=O)[C@@H]2CCCCN2S(=O)(=O)c2ccccc2Cl)c2cccc(OCC(=O)O)c2)cc1OC. The lowest BCUT2D eigenvalue weighted by Crippen LogP contribution is -2.48. The van der Waals surface area contributed by atoms with Crippen molar-refractivity contribution in [3.63, 3.8) is 0 Å². The van der Waals surface area contributed by atoms with Crippen LogP contribution >= 0.6 is 11.6 Å². The Bertz CT molecular complexity index is 1550. The lowest BCUT2D eigenvalue weighted by atomic mass is 10.00. The summed E-state index contributed by atoms with van der Waals surface area (Å²) >= 11 is 6.23. The number of esters is 1. The number of hydrogen-bond donors (Lipinski definition) is 1. The van der Waals surface area contributed by atoms with E-state index in [9.17, 15) is 18.0 Å². The van der Waals surface area contributed by atoms with Crippen molar-refractivity contribution in [1.29, 1.82) is 0 Å². The number of halogens is 1. The number of rotatable bonds is 13. The third kappa shape index (κ3) is 7.98. The van der Waals surface area contributed by atoms with Gasteiger partial charge in [0.1, 0.15) is 22.8 Å². The number of ether oxygens (including phenoxy) is 4. The molecule has 0 saturated carbocycles. The third-order valence-corrected chi connectivity index (χ3v) is 9.55. The minimum Gasteiger partial charge on any atom is -0.493 e. The molecule has 0 radical (unpaired) electrons. The first-order chi connectivity index (χ1) is 20.6. The molecule has 0 aliphatic carbocycles. The second-order valence-electron chi connectivity index (χ2n) is 9.97. The molecule has 1 fully saturated rings. The van der Waals surface area contributed by atoms with Crippen molar-refractivity contribution in [1.82, 2.24) is 4.31 Å². The summed E-state index contributed by atoms with van der Waals surface area (Å²) in [7, 11) is -0.988. The molecule has 4 rings (SSSR count). The molecule has 1 aliphatic heterocycles. The molecular weight excluding hydrogens is 598 g/mol. The smallest absolute Gasteiger partial charge is 0.341 e. The fraction of sp³-hybridized carbons (Fsp3) is 0.355. The molecule has 0 bridgehead atoms. The molecule has 0 amide bonds. The summed E-state index contributed by atoms with van der Waals surface area (Å²) in [5.74, 6) is -0.369. The molecule has 1 N–H and O–H groups in total. The van der Waals surface area contributed by atoms with Gasteiger partial charge in [0.05, 0.1) is 19.2 Å². The van der Waals surface area contributed by atoms with Crippen LogP contribution in [0.15, 0.2) is 71.6 Å². The van der Waals surface area contributed by atoms with Crippen molar-refractivity contribution in [3.8, 4) is 17.2 Å². The molecular formula is C31H34ClNO9S. The first kappa shape index (κ1) is 32.1. The van der Waals surface area contributed by atoms with Gasteiger partial charge in [-0.05, 0) is 79.6 Å². The summed E-state index contributed by atoms with van der Waals surface area (Å²) in [5, 5.41) is 9.10. The number of carboxylic acid groups (broad SMARTS) is 1. The van der Waals surface area contributed by atoms with Gasteiger partial charge in [0.25, 0.3) is 0 Å². The van der Waals surface area contributed by atoms with E-state index in [2.05, 4.69) is 0 Å². The lowest BCUT2D eigenvalue weighted by molar-refractivity contribution is -0.155. The Labute approximate surface area is 256 Å². The highest BCUT2D eigenvalue weighted by Gasteiger charge is 2.40. The Morgan fingerprint density at radius 3 is 2.49 bits per heavy atom. The predicted octanol–water partition coefficient (Wildman–Crippen LogP) is 5.28. The number of carbonyl (C=O) groups is 2. The molecule has 1 aliphatic rings. The van der Waals surface area contributed by atoms with E-state index in [1.165, 1.54) is 16.4 Å². The maximum atomic E-state index is 13.7. The largest absolute Gasteiger partial charge is 0.493 e. The van der Waals surface area contributed by atoms with Crippen LogP contribution in [0.2, 0.25) is 5.02 Å². The minimum absolute atomic E-state index is 0.0651. The number of aryl methyl sites for hydroxylation is 1. The van der Waals surface area contributed by atoms with Crippen molar-refractivity contribution in [2.45, 2.75) is 49.1 Å². The molecule has 230 valence electrons. The third-order valence-electron chi connectivity index (χ3n) is 7.14. The van der Waals surface area contributed by atoms with Crippen LogP contribution in [-0.2, 0) is 30.8 Å². The normalized spacial score (nSPS) is 16.2. The van der Waals surface area contributed by atoms with Crippen LogP contribution in [0.25, 0.3) is 0 Å². The van der Waals surface area contributed by atoms with Gasteiger partial charge < -0.3 is 24.1 Å². The van der Waals surface area contributed by atoms with Crippen LogP contribution in [0.5, 0.6) is 17.2 Å². The standard InChI is InChI=1S/C31H34ClNO9S/c1-39-27-16-14-21(18-28(27)40-2)13-15-26(22-8-7-9-23(19-22)41-20-30(34)35)42-31(36)25-11-5-6-17-33(25)43(37,38)29-12-4-3-10-24(29)32/h3-4,7-10,12,14,16,18-19,25-26H,5-6,11,13,15,17,20H2,1-2H3,(H,34,35)/t25-,26+/m0/s1. The minimum atomic E-state index is -4.08. The molecule has 43 heavy (non-hydrogen) atoms. The Kier molecular flexibility index (Phi) is 10.9. The van der Waals surface area contributed by atoms with Crippen LogP contribution in [-0.4, -0.2) is 63.2 Å². The number of aliphatic carboxylic acids is 1. The molecule has 0 spiro atoms. The van der Waals surface area contributed by atoms with Gasteiger partial charge in [-0.2, -0.15) is 4.31 Å². The number of nitrogens with zero attached hydrogens (tertiary/aromatic N) is 1. The Morgan fingerprint density at radius 2 is 1.77 bits per heavy atom. The van der Waals surface area contributed by atoms with E-state index >= 15 is 0 Å². The van der Waals surface area contributed by atoms with Crippen molar-refractivity contribution < 1.29 is 42.1 Å². The number of sulfonamides is 1. The number of carboxylic acids is 1. The Morgan fingerprint density at radius 1 is 1.00 bits per heavy atom. The van der Waals surface area contributed by atoms with Crippen molar-refractivity contribution in [2.75, 3.05) is 27.4 Å². The van der Waals surface area contributed by atoms with Crippen LogP contribution in [0.4, 0.5) is 0 Å². The van der Waals surface area contributed by atoms with Gasteiger partial charge in [-0.25, -0.2) is 13.2 Å². The summed E-state index contributed by atoms with van der Waals surface area (Å²) in [4.78, 5) is 24.7. The predicted molar refractivity (Wildman–Crippen MR) is 159 cm³/mol. The maximum Gasteiger partial charge on any atom is 0.341 e. The average Bonchev–Trinajstić information content (AvgIpc) is 3.02. The van der Waals surface area contributed by atoms with Crippen LogP contribution in [0.3, 0.4) is 0 Å². The molecule has 1 heterocycles. The molecule has 0 unspecified atom stereocenters. The zero-order chi connectivity index (χ0) is 31.0. The van der Waals surface area contributed by atoms with E-state index < -0.39 is 40.7 Å². The van der Waals surface area contributed by atoms with Crippen LogP contribution in [0, 0.1) is 0 Å². The number of benzene rings is 3. The second-order valence-corrected chi connectivity index (χ2v) is 12.2. The summed E-state index contributed by atoms with van der Waals surface area (Å²) in [6, 6.07) is 17.3. The lowest BCUT2D eigenvalue weighted by Gasteiger charge is -2.34. The van der Waals surface area contributed by atoms with Gasteiger partial charge in [0, 0.05) is 6.54 Å². The first-order valence-electron chi connectivity index (χ1n) is 13.8. The van der Waals surface area contributed by atoms with Gasteiger partial charge in [0.15, 0.2) is 18.1 Å². The molecule has 3 aromatic rings. The highest BCUT2D eigenvalue weighted by Crippen LogP contribution is 2.34. The quantitative estimate of drug-likeness (QED) is 0.251. The summed E-state index contributed by atoms with van der Waals surface area (Å²) in [5.41, 5.74) is 1.48. The van der Waals surface area contributed by atoms with Gasteiger partial charge in [0.2, 0.25) is 10.0 Å². The fourth-order valence-corrected chi connectivity index (χ4v) is 7.15. The fourth-order valence-electron chi connectivity index (χ4n) is 5.00. The molecule has 2 atom stereocenters. The topological polar surface area (TPSA) is 129 Å². The Hall–Kier alpha value is -3.80. The van der Waals surface area contributed by atoms with E-state index in [-0.39, 0.29) is 16.5 Å². The van der Waals surface area contributed by atoms with Crippen LogP contribution < -0.4 is 14.2 Å². The van der Waals surface area contributed by atoms with E-state index in [0.717, 1.165) is 5.56 Å². The van der Waals surface area contributed by atoms with Gasteiger partial charge in [-0.3, -0.25) is 4.79 Å². The zero-order valence-electron chi connectivity index (χ0n) is 23.9. The van der Waals surface area contributed by atoms with Crippen molar-refractivity contribution in [3.05, 3.63) is 82.9 Å². The number of hydrogen-bond acceptors (Lipinski definition) is 8.